The zero-order valence-corrected chi connectivity index (χ0v) is 13.5. The lowest BCUT2D eigenvalue weighted by Gasteiger charge is -2.15. The van der Waals surface area contributed by atoms with Gasteiger partial charge in [-0.05, 0) is 60.7 Å². The summed E-state index contributed by atoms with van der Waals surface area (Å²) in [4.78, 5) is 16.0. The van der Waals surface area contributed by atoms with E-state index in [1.54, 1.807) is 6.07 Å². The van der Waals surface area contributed by atoms with Crippen LogP contribution in [0.4, 0.5) is 10.1 Å². The summed E-state index contributed by atoms with van der Waals surface area (Å²) in [5.74, 6) is -0.266. The fourth-order valence-corrected chi connectivity index (χ4v) is 3.31. The average molecular weight is 322 g/mol. The fraction of sp³-hybridized carbons (Fsp3) is 0.250. The largest absolute Gasteiger partial charge is 0.361 e. The lowest BCUT2D eigenvalue weighted by molar-refractivity contribution is -0.118. The van der Waals surface area contributed by atoms with Gasteiger partial charge in [0.1, 0.15) is 5.82 Å². The van der Waals surface area contributed by atoms with E-state index in [0.717, 1.165) is 41.4 Å². The van der Waals surface area contributed by atoms with E-state index in [1.165, 1.54) is 17.7 Å². The van der Waals surface area contributed by atoms with Crippen LogP contribution in [0.15, 0.2) is 48.7 Å². The van der Waals surface area contributed by atoms with Crippen molar-refractivity contribution in [1.29, 1.82) is 0 Å². The van der Waals surface area contributed by atoms with Gasteiger partial charge in [-0.3, -0.25) is 4.79 Å². The second kappa shape index (κ2) is 5.48. The number of aryl methyl sites for hydroxylation is 1. The van der Waals surface area contributed by atoms with Crippen LogP contribution in [-0.4, -0.2) is 10.9 Å². The number of rotatable bonds is 4. The van der Waals surface area contributed by atoms with Crippen molar-refractivity contribution in [3.05, 3.63) is 65.6 Å². The summed E-state index contributed by atoms with van der Waals surface area (Å²) in [6.07, 6.45) is 4.45. The number of carbonyl (C=O) groups is 1. The standard InChI is InChI=1S/C20H19FN2O/c1-2-13-3-6-15(7-4-13)23-19(24)20(9-10-20)17-12-22-18-11-14(21)5-8-16(17)18/h3-8,11-12,22H,2,9-10H2,1H3,(H,23,24). The van der Waals surface area contributed by atoms with Gasteiger partial charge in [0, 0.05) is 22.8 Å². The van der Waals surface area contributed by atoms with Crippen LogP contribution in [0.5, 0.6) is 0 Å². The van der Waals surface area contributed by atoms with Crippen molar-refractivity contribution >= 4 is 22.5 Å². The maximum atomic E-state index is 13.4. The molecular formula is C20H19FN2O. The van der Waals surface area contributed by atoms with Crippen LogP contribution >= 0.6 is 0 Å². The molecule has 2 aromatic carbocycles. The molecule has 3 nitrogen and oxygen atoms in total. The van der Waals surface area contributed by atoms with Gasteiger partial charge in [-0.15, -0.1) is 0 Å². The number of aromatic amines is 1. The molecule has 122 valence electrons. The molecule has 0 aliphatic heterocycles. The van der Waals surface area contributed by atoms with Gasteiger partial charge < -0.3 is 10.3 Å². The Bertz CT molecular complexity index is 907. The molecule has 0 bridgehead atoms. The Morgan fingerprint density at radius 1 is 1.21 bits per heavy atom. The van der Waals surface area contributed by atoms with Gasteiger partial charge in [-0.1, -0.05) is 19.1 Å². The second-order valence-electron chi connectivity index (χ2n) is 6.48. The first kappa shape index (κ1) is 14.9. The zero-order valence-electron chi connectivity index (χ0n) is 13.5. The molecular weight excluding hydrogens is 303 g/mol. The Balaban J connectivity index is 1.62. The second-order valence-corrected chi connectivity index (χ2v) is 6.48. The first-order valence-electron chi connectivity index (χ1n) is 8.30. The minimum absolute atomic E-state index is 0.0111. The number of H-pyrrole nitrogens is 1. The van der Waals surface area contributed by atoms with Gasteiger partial charge in [-0.2, -0.15) is 0 Å². The Hall–Kier alpha value is -2.62. The number of hydrogen-bond donors (Lipinski definition) is 2. The summed E-state index contributed by atoms with van der Waals surface area (Å²) in [5, 5.41) is 3.96. The van der Waals surface area contributed by atoms with E-state index in [2.05, 4.69) is 17.2 Å². The maximum absolute atomic E-state index is 13.4. The van der Waals surface area contributed by atoms with Crippen LogP contribution in [0.2, 0.25) is 0 Å². The van der Waals surface area contributed by atoms with Crippen LogP contribution in [0.3, 0.4) is 0 Å². The first-order chi connectivity index (χ1) is 11.6. The number of carbonyl (C=O) groups excluding carboxylic acids is 1. The molecule has 0 unspecified atom stereocenters. The summed E-state index contributed by atoms with van der Waals surface area (Å²) < 4.78 is 13.4. The predicted octanol–water partition coefficient (Wildman–Crippen LogP) is 4.54. The number of benzene rings is 2. The van der Waals surface area contributed by atoms with E-state index in [1.807, 2.05) is 30.5 Å². The molecule has 0 saturated heterocycles. The molecule has 0 radical (unpaired) electrons. The van der Waals surface area contributed by atoms with Crippen LogP contribution in [0.1, 0.15) is 30.9 Å². The van der Waals surface area contributed by atoms with Gasteiger partial charge in [0.15, 0.2) is 0 Å². The quantitative estimate of drug-likeness (QED) is 0.728. The lowest BCUT2D eigenvalue weighted by Crippen LogP contribution is -2.27. The van der Waals surface area contributed by atoms with Crippen LogP contribution in [0.25, 0.3) is 10.9 Å². The summed E-state index contributed by atoms with van der Waals surface area (Å²) in [7, 11) is 0. The highest BCUT2D eigenvalue weighted by Crippen LogP contribution is 2.51. The molecule has 3 aromatic rings. The third-order valence-electron chi connectivity index (χ3n) is 4.96. The van der Waals surface area contributed by atoms with E-state index in [4.69, 9.17) is 0 Å². The molecule has 0 atom stereocenters. The molecule has 0 spiro atoms. The van der Waals surface area contributed by atoms with Gasteiger partial charge in [0.2, 0.25) is 5.91 Å². The van der Waals surface area contributed by atoms with Gasteiger partial charge in [0.05, 0.1) is 5.41 Å². The highest BCUT2D eigenvalue weighted by Gasteiger charge is 2.52. The maximum Gasteiger partial charge on any atom is 0.235 e. The van der Waals surface area contributed by atoms with Crippen LogP contribution in [-0.2, 0) is 16.6 Å². The van der Waals surface area contributed by atoms with Crippen molar-refractivity contribution in [2.45, 2.75) is 31.6 Å². The summed E-state index contributed by atoms with van der Waals surface area (Å²) in [6.45, 7) is 2.10. The van der Waals surface area contributed by atoms with Gasteiger partial charge >= 0.3 is 0 Å². The molecule has 4 rings (SSSR count). The molecule has 1 heterocycles. The topological polar surface area (TPSA) is 44.9 Å². The normalized spacial score (nSPS) is 15.4. The van der Waals surface area contributed by atoms with E-state index >= 15 is 0 Å². The van der Waals surface area contributed by atoms with Crippen molar-refractivity contribution < 1.29 is 9.18 Å². The Morgan fingerprint density at radius 2 is 1.96 bits per heavy atom. The third kappa shape index (κ3) is 2.39. The highest BCUT2D eigenvalue weighted by molar-refractivity contribution is 6.04. The number of anilines is 1. The van der Waals surface area contributed by atoms with Gasteiger partial charge in [-0.25, -0.2) is 4.39 Å². The van der Waals surface area contributed by atoms with Crippen molar-refractivity contribution in [3.63, 3.8) is 0 Å². The summed E-state index contributed by atoms with van der Waals surface area (Å²) in [5.41, 5.74) is 3.25. The van der Waals surface area contributed by atoms with Gasteiger partial charge in [0.25, 0.3) is 0 Å². The van der Waals surface area contributed by atoms with Crippen LogP contribution < -0.4 is 5.32 Å². The predicted molar refractivity (Wildman–Crippen MR) is 93.6 cm³/mol. The number of amides is 1. The Morgan fingerprint density at radius 3 is 2.62 bits per heavy atom. The van der Waals surface area contributed by atoms with E-state index < -0.39 is 5.41 Å². The monoisotopic (exact) mass is 322 g/mol. The van der Waals surface area contributed by atoms with Crippen molar-refractivity contribution in [3.8, 4) is 0 Å². The molecule has 2 N–H and O–H groups in total. The minimum atomic E-state index is -0.500. The number of halogens is 1. The summed E-state index contributed by atoms with van der Waals surface area (Å²) >= 11 is 0. The Kier molecular flexibility index (Phi) is 3.41. The SMILES string of the molecule is CCc1ccc(NC(=O)C2(c3c[nH]c4cc(F)ccc34)CC2)cc1. The fourth-order valence-electron chi connectivity index (χ4n) is 3.31. The Labute approximate surface area is 139 Å². The van der Waals surface area contributed by atoms with E-state index in [-0.39, 0.29) is 11.7 Å². The molecule has 1 saturated carbocycles. The number of hydrogen-bond acceptors (Lipinski definition) is 1. The lowest BCUT2D eigenvalue weighted by atomic mass is 9.94. The molecule has 24 heavy (non-hydrogen) atoms. The molecule has 1 aromatic heterocycles. The number of aromatic nitrogens is 1. The minimum Gasteiger partial charge on any atom is -0.361 e. The van der Waals surface area contributed by atoms with Crippen molar-refractivity contribution in [2.24, 2.45) is 0 Å². The molecule has 1 aliphatic rings. The first-order valence-corrected chi connectivity index (χ1v) is 8.30. The number of fused-ring (bicyclic) bond motifs is 1. The molecule has 4 heteroatoms. The highest BCUT2D eigenvalue weighted by atomic mass is 19.1. The van der Waals surface area contributed by atoms with Crippen molar-refractivity contribution in [2.75, 3.05) is 5.32 Å². The van der Waals surface area contributed by atoms with Crippen molar-refractivity contribution in [1.82, 2.24) is 4.98 Å². The summed E-state index contributed by atoms with van der Waals surface area (Å²) in [6, 6.07) is 12.6. The molecule has 1 amide bonds. The van der Waals surface area contributed by atoms with Crippen LogP contribution in [0, 0.1) is 5.82 Å². The zero-order chi connectivity index (χ0) is 16.7. The van der Waals surface area contributed by atoms with E-state index in [9.17, 15) is 9.18 Å². The third-order valence-corrected chi connectivity index (χ3v) is 4.96. The number of nitrogens with one attached hydrogen (secondary N) is 2. The molecule has 1 aliphatic carbocycles. The molecule has 1 fully saturated rings. The average Bonchev–Trinajstić information content (AvgIpc) is 3.30. The smallest absolute Gasteiger partial charge is 0.235 e. The van der Waals surface area contributed by atoms with E-state index in [0.29, 0.717) is 0 Å².